The summed E-state index contributed by atoms with van der Waals surface area (Å²) < 4.78 is 0. The highest BCUT2D eigenvalue weighted by atomic mass is 127. The summed E-state index contributed by atoms with van der Waals surface area (Å²) in [5.74, 6) is 1.02. The second kappa shape index (κ2) is 12.5. The summed E-state index contributed by atoms with van der Waals surface area (Å²) in [4.78, 5) is 9.11. The van der Waals surface area contributed by atoms with Crippen LogP contribution in [0.3, 0.4) is 0 Å². The van der Waals surface area contributed by atoms with Crippen LogP contribution in [0.25, 0.3) is 0 Å². The van der Waals surface area contributed by atoms with Crippen molar-refractivity contribution in [3.8, 4) is 0 Å². The lowest BCUT2D eigenvalue weighted by Gasteiger charge is -2.31. The maximum Gasteiger partial charge on any atom is 0.193 e. The molecule has 0 aromatic carbocycles. The highest BCUT2D eigenvalue weighted by Gasteiger charge is 2.17. The van der Waals surface area contributed by atoms with Crippen molar-refractivity contribution in [1.82, 2.24) is 15.1 Å². The number of nitrogens with one attached hydrogen (secondary N) is 1. The summed E-state index contributed by atoms with van der Waals surface area (Å²) in [5, 5.41) is 3.48. The second-order valence-corrected chi connectivity index (χ2v) is 6.02. The number of aliphatic imine (C=N–C) groups is 1. The minimum Gasteiger partial charge on any atom is -0.355 e. The molecule has 5 heteroatoms. The van der Waals surface area contributed by atoms with Crippen LogP contribution in [0.5, 0.6) is 0 Å². The predicted molar refractivity (Wildman–Crippen MR) is 104 cm³/mol. The van der Waals surface area contributed by atoms with Gasteiger partial charge >= 0.3 is 0 Å². The monoisotopic (exact) mass is 410 g/mol. The summed E-state index contributed by atoms with van der Waals surface area (Å²) in [6.07, 6.45) is 9.44. The van der Waals surface area contributed by atoms with Crippen molar-refractivity contribution in [3.63, 3.8) is 0 Å². The molecule has 0 unspecified atom stereocenters. The Hall–Kier alpha value is -0.0400. The van der Waals surface area contributed by atoms with E-state index in [2.05, 4.69) is 41.1 Å². The first-order chi connectivity index (χ1) is 9.69. The lowest BCUT2D eigenvalue weighted by molar-refractivity contribution is 0.194. The average molecular weight is 410 g/mol. The predicted octanol–water partition coefficient (Wildman–Crippen LogP) is 3.18. The molecule has 0 radical (unpaired) electrons. The standard InChI is InChI=1S/C16H34N4.HI/c1-5-6-13-20(4)16(17-2)18-12-14-19(3)15-10-8-7-9-11-15;/h15H,5-14H2,1-4H3,(H,17,18);1H. The summed E-state index contributed by atoms with van der Waals surface area (Å²) in [7, 11) is 6.26. The highest BCUT2D eigenvalue weighted by Crippen LogP contribution is 2.21. The van der Waals surface area contributed by atoms with Crippen molar-refractivity contribution >= 4 is 29.9 Å². The Kier molecular flexibility index (Phi) is 12.5. The van der Waals surface area contributed by atoms with Crippen LogP contribution in [0.15, 0.2) is 4.99 Å². The molecule has 126 valence electrons. The number of unbranched alkanes of at least 4 members (excludes halogenated alkanes) is 1. The first-order valence-corrected chi connectivity index (χ1v) is 8.31. The van der Waals surface area contributed by atoms with E-state index in [0.29, 0.717) is 0 Å². The average Bonchev–Trinajstić information content (AvgIpc) is 2.49. The molecule has 0 bridgehead atoms. The first kappa shape index (κ1) is 21.0. The third kappa shape index (κ3) is 8.24. The molecule has 1 aliphatic rings. The van der Waals surface area contributed by atoms with Gasteiger partial charge < -0.3 is 15.1 Å². The number of likely N-dealkylation sites (N-methyl/N-ethyl adjacent to an activating group) is 1. The van der Waals surface area contributed by atoms with E-state index in [1.165, 1.54) is 44.9 Å². The molecule has 1 aliphatic carbocycles. The van der Waals surface area contributed by atoms with Crippen LogP contribution in [0.1, 0.15) is 51.9 Å². The zero-order valence-corrected chi connectivity index (χ0v) is 16.7. The third-order valence-corrected chi connectivity index (χ3v) is 4.37. The number of nitrogens with zero attached hydrogens (tertiary/aromatic N) is 3. The van der Waals surface area contributed by atoms with Gasteiger partial charge in [-0.25, -0.2) is 0 Å². The maximum absolute atomic E-state index is 4.36. The topological polar surface area (TPSA) is 30.9 Å². The molecule has 1 N–H and O–H groups in total. The Labute approximate surface area is 148 Å². The first-order valence-electron chi connectivity index (χ1n) is 8.31. The summed E-state index contributed by atoms with van der Waals surface area (Å²) in [6, 6.07) is 0.797. The SMILES string of the molecule is CCCCN(C)C(=NC)NCCN(C)C1CCCCC1.I. The van der Waals surface area contributed by atoms with Gasteiger partial charge in [0, 0.05) is 39.8 Å². The molecule has 1 rings (SSSR count). The van der Waals surface area contributed by atoms with E-state index in [1.54, 1.807) is 0 Å². The molecule has 4 nitrogen and oxygen atoms in total. The largest absolute Gasteiger partial charge is 0.355 e. The van der Waals surface area contributed by atoms with E-state index < -0.39 is 0 Å². The van der Waals surface area contributed by atoms with Crippen molar-refractivity contribution in [2.45, 2.75) is 57.9 Å². The fourth-order valence-corrected chi connectivity index (χ4v) is 2.93. The van der Waals surface area contributed by atoms with Crippen LogP contribution in [0.2, 0.25) is 0 Å². The molecule has 0 aliphatic heterocycles. The van der Waals surface area contributed by atoms with Crippen LogP contribution in [0, 0.1) is 0 Å². The molecule has 0 saturated heterocycles. The van der Waals surface area contributed by atoms with Crippen LogP contribution in [-0.2, 0) is 0 Å². The number of hydrogen-bond acceptors (Lipinski definition) is 2. The molecule has 0 spiro atoms. The van der Waals surface area contributed by atoms with Crippen molar-refractivity contribution in [1.29, 1.82) is 0 Å². The van der Waals surface area contributed by atoms with E-state index in [9.17, 15) is 0 Å². The molecular formula is C16H35IN4. The summed E-state index contributed by atoms with van der Waals surface area (Å²) in [5.41, 5.74) is 0. The normalized spacial score (nSPS) is 16.7. The van der Waals surface area contributed by atoms with Crippen molar-refractivity contribution in [2.24, 2.45) is 4.99 Å². The molecule has 0 amide bonds. The molecule has 1 fully saturated rings. The van der Waals surface area contributed by atoms with Gasteiger partial charge in [-0.15, -0.1) is 24.0 Å². The minimum atomic E-state index is 0. The Morgan fingerprint density at radius 3 is 2.38 bits per heavy atom. The number of rotatable bonds is 7. The van der Waals surface area contributed by atoms with Gasteiger partial charge in [-0.05, 0) is 26.3 Å². The Bertz CT molecular complexity index is 277. The second-order valence-electron chi connectivity index (χ2n) is 6.02. The smallest absolute Gasteiger partial charge is 0.193 e. The maximum atomic E-state index is 4.36. The van der Waals surface area contributed by atoms with Crippen molar-refractivity contribution < 1.29 is 0 Å². The molecule has 0 heterocycles. The van der Waals surface area contributed by atoms with Crippen LogP contribution in [-0.4, -0.2) is 62.6 Å². The molecule has 1 saturated carbocycles. The molecular weight excluding hydrogens is 375 g/mol. The van der Waals surface area contributed by atoms with Gasteiger partial charge in [0.25, 0.3) is 0 Å². The van der Waals surface area contributed by atoms with Crippen molar-refractivity contribution in [2.75, 3.05) is 40.8 Å². The van der Waals surface area contributed by atoms with Gasteiger partial charge in [-0.2, -0.15) is 0 Å². The Balaban J connectivity index is 0.00000400. The zero-order chi connectivity index (χ0) is 14.8. The van der Waals surface area contributed by atoms with E-state index in [0.717, 1.165) is 31.6 Å². The molecule has 0 atom stereocenters. The van der Waals surface area contributed by atoms with E-state index in [4.69, 9.17) is 0 Å². The number of hydrogen-bond donors (Lipinski definition) is 1. The summed E-state index contributed by atoms with van der Waals surface area (Å²) in [6.45, 7) is 5.39. The highest BCUT2D eigenvalue weighted by molar-refractivity contribution is 14.0. The summed E-state index contributed by atoms with van der Waals surface area (Å²) >= 11 is 0. The fraction of sp³-hybridized carbons (Fsp3) is 0.938. The lowest BCUT2D eigenvalue weighted by Crippen LogP contribution is -2.44. The third-order valence-electron chi connectivity index (χ3n) is 4.37. The molecule has 0 aromatic rings. The Morgan fingerprint density at radius 2 is 1.81 bits per heavy atom. The van der Waals surface area contributed by atoms with Gasteiger partial charge in [0.2, 0.25) is 0 Å². The van der Waals surface area contributed by atoms with E-state index >= 15 is 0 Å². The van der Waals surface area contributed by atoms with Gasteiger partial charge in [-0.1, -0.05) is 32.6 Å². The fourth-order valence-electron chi connectivity index (χ4n) is 2.93. The Morgan fingerprint density at radius 1 is 1.14 bits per heavy atom. The molecule has 0 aromatic heterocycles. The van der Waals surface area contributed by atoms with Crippen LogP contribution >= 0.6 is 24.0 Å². The quantitative estimate of drug-likeness (QED) is 0.397. The van der Waals surface area contributed by atoms with Crippen molar-refractivity contribution in [3.05, 3.63) is 0 Å². The van der Waals surface area contributed by atoms with E-state index in [1.807, 2.05) is 7.05 Å². The van der Waals surface area contributed by atoms with E-state index in [-0.39, 0.29) is 24.0 Å². The molecule has 21 heavy (non-hydrogen) atoms. The van der Waals surface area contributed by atoms with Gasteiger partial charge in [0.05, 0.1) is 0 Å². The van der Waals surface area contributed by atoms with Gasteiger partial charge in [0.1, 0.15) is 0 Å². The van der Waals surface area contributed by atoms with Gasteiger partial charge in [-0.3, -0.25) is 4.99 Å². The van der Waals surface area contributed by atoms with Crippen LogP contribution < -0.4 is 5.32 Å². The lowest BCUT2D eigenvalue weighted by atomic mass is 9.94. The minimum absolute atomic E-state index is 0. The van der Waals surface area contributed by atoms with Crippen LogP contribution in [0.4, 0.5) is 0 Å². The zero-order valence-electron chi connectivity index (χ0n) is 14.4. The van der Waals surface area contributed by atoms with Gasteiger partial charge in [0.15, 0.2) is 5.96 Å². The number of halogens is 1. The number of guanidine groups is 1.